The van der Waals surface area contributed by atoms with Crippen LogP contribution in [-0.4, -0.2) is 0 Å². The monoisotopic (exact) mass is 280 g/mol. The highest BCUT2D eigenvalue weighted by molar-refractivity contribution is 7.96. The molecule has 0 fully saturated rings. The fourth-order valence-electron chi connectivity index (χ4n) is 1.49. The van der Waals surface area contributed by atoms with Gasteiger partial charge in [0.2, 0.25) is 0 Å². The van der Waals surface area contributed by atoms with Crippen molar-refractivity contribution in [3.8, 4) is 0 Å². The minimum absolute atomic E-state index is 0.303. The maximum absolute atomic E-state index is 12.8. The van der Waals surface area contributed by atoms with E-state index in [1.165, 1.54) is 24.3 Å². The summed E-state index contributed by atoms with van der Waals surface area (Å²) in [6.45, 7) is 0. The summed E-state index contributed by atoms with van der Waals surface area (Å²) in [7, 11) is 0. The molecule has 0 saturated heterocycles. The van der Waals surface area contributed by atoms with Gasteiger partial charge in [0.05, 0.1) is 0 Å². The van der Waals surface area contributed by atoms with Gasteiger partial charge in [0, 0.05) is 9.81 Å². The molecule has 0 nitrogen and oxygen atoms in total. The molecule has 0 radical (unpaired) electrons. The zero-order chi connectivity index (χ0) is 13.1. The van der Waals surface area contributed by atoms with Crippen LogP contribution in [0.5, 0.6) is 0 Å². The summed E-state index contributed by atoms with van der Waals surface area (Å²) in [4.78, 5) is 1.23. The molecule has 18 heavy (non-hydrogen) atoms. The molecule has 4 heteroatoms. The molecule has 0 heterocycles. The second kappa shape index (κ2) is 5.59. The Morgan fingerprint density at radius 3 is 1.17 bits per heavy atom. The summed E-state index contributed by atoms with van der Waals surface area (Å²) in [6.07, 6.45) is 0. The Morgan fingerprint density at radius 2 is 0.889 bits per heavy atom. The molecule has 0 amide bonds. The third-order valence-electron chi connectivity index (χ3n) is 2.46. The van der Waals surface area contributed by atoms with E-state index in [2.05, 4.69) is 25.3 Å². The largest absolute Gasteiger partial charge is 0.207 e. The van der Waals surface area contributed by atoms with E-state index in [1.807, 2.05) is 0 Å². The molecule has 2 rings (SSSR count). The van der Waals surface area contributed by atoms with E-state index in [0.717, 1.165) is 11.1 Å². The Kier molecular flexibility index (Phi) is 4.09. The van der Waals surface area contributed by atoms with E-state index in [1.54, 1.807) is 24.3 Å². The average molecular weight is 280 g/mol. The number of benzene rings is 2. The van der Waals surface area contributed by atoms with Gasteiger partial charge >= 0.3 is 0 Å². The van der Waals surface area contributed by atoms with Gasteiger partial charge in [0.25, 0.3) is 0 Å². The van der Waals surface area contributed by atoms with Crippen molar-refractivity contribution in [3.05, 3.63) is 71.3 Å². The Balaban J connectivity index is 2.40. The fraction of sp³-hybridized carbons (Fsp3) is 0. The lowest BCUT2D eigenvalue weighted by atomic mass is 10.1. The SMILES string of the molecule is Fc1ccc(/C(S)=C(/S)c2ccc(F)cc2)cc1. The second-order valence-electron chi connectivity index (χ2n) is 3.71. The van der Waals surface area contributed by atoms with E-state index in [-0.39, 0.29) is 11.6 Å². The first-order valence-electron chi connectivity index (χ1n) is 5.22. The van der Waals surface area contributed by atoms with Crippen LogP contribution in [0.25, 0.3) is 9.81 Å². The van der Waals surface area contributed by atoms with Gasteiger partial charge in [-0.15, -0.1) is 25.3 Å². The Bertz CT molecular complexity index is 518. The molecule has 0 aromatic heterocycles. The third-order valence-corrected chi connectivity index (χ3v) is 3.60. The van der Waals surface area contributed by atoms with Crippen LogP contribution in [0.1, 0.15) is 11.1 Å². The third kappa shape index (κ3) is 2.94. The Labute approximate surface area is 115 Å². The highest BCUT2D eigenvalue weighted by Crippen LogP contribution is 2.31. The Hall–Kier alpha value is -1.26. The number of hydrogen-bond acceptors (Lipinski definition) is 2. The van der Waals surface area contributed by atoms with Crippen LogP contribution in [-0.2, 0) is 0 Å². The molecule has 0 aliphatic carbocycles. The maximum atomic E-state index is 12.8. The molecular weight excluding hydrogens is 270 g/mol. The van der Waals surface area contributed by atoms with Gasteiger partial charge in [-0.1, -0.05) is 24.3 Å². The molecule has 0 spiro atoms. The van der Waals surface area contributed by atoms with Crippen molar-refractivity contribution in [1.29, 1.82) is 0 Å². The lowest BCUT2D eigenvalue weighted by molar-refractivity contribution is 0.627. The first-order valence-corrected chi connectivity index (χ1v) is 6.11. The lowest BCUT2D eigenvalue weighted by Gasteiger charge is -2.07. The minimum atomic E-state index is -0.303. The van der Waals surface area contributed by atoms with Gasteiger partial charge in [-0.05, 0) is 35.4 Å². The summed E-state index contributed by atoms with van der Waals surface area (Å²) in [5, 5.41) is 0. The highest BCUT2D eigenvalue weighted by Gasteiger charge is 2.05. The number of halogens is 2. The van der Waals surface area contributed by atoms with Gasteiger partial charge in [-0.2, -0.15) is 0 Å². The molecule has 0 saturated carbocycles. The van der Waals surface area contributed by atoms with Crippen LogP contribution in [0.2, 0.25) is 0 Å². The molecule has 2 aromatic rings. The van der Waals surface area contributed by atoms with E-state index in [9.17, 15) is 8.78 Å². The van der Waals surface area contributed by atoms with Crippen LogP contribution in [0.15, 0.2) is 48.5 Å². The summed E-state index contributed by atoms with van der Waals surface area (Å²) >= 11 is 8.75. The van der Waals surface area contributed by atoms with Crippen LogP contribution >= 0.6 is 25.3 Å². The van der Waals surface area contributed by atoms with Crippen LogP contribution in [0.4, 0.5) is 8.78 Å². The van der Waals surface area contributed by atoms with E-state index in [4.69, 9.17) is 0 Å². The molecule has 0 N–H and O–H groups in total. The predicted octanol–water partition coefficient (Wildman–Crippen LogP) is 4.65. The summed E-state index contributed by atoms with van der Waals surface area (Å²) in [6, 6.07) is 11.9. The molecule has 92 valence electrons. The summed E-state index contributed by atoms with van der Waals surface area (Å²) in [5.41, 5.74) is 1.52. The standard InChI is InChI=1S/C14H10F2S2/c15-11-5-1-9(2-6-11)13(17)14(18)10-3-7-12(16)8-4-10/h1-8,17-18H/b14-13-. The van der Waals surface area contributed by atoms with Crippen molar-refractivity contribution in [2.45, 2.75) is 0 Å². The van der Waals surface area contributed by atoms with Crippen molar-refractivity contribution in [2.75, 3.05) is 0 Å². The van der Waals surface area contributed by atoms with E-state index in [0.29, 0.717) is 9.81 Å². The van der Waals surface area contributed by atoms with E-state index >= 15 is 0 Å². The first kappa shape index (κ1) is 13.2. The van der Waals surface area contributed by atoms with Crippen molar-refractivity contribution in [2.24, 2.45) is 0 Å². The van der Waals surface area contributed by atoms with Crippen molar-refractivity contribution >= 4 is 35.1 Å². The molecular formula is C14H10F2S2. The highest BCUT2D eigenvalue weighted by atomic mass is 32.1. The van der Waals surface area contributed by atoms with Crippen molar-refractivity contribution < 1.29 is 8.78 Å². The van der Waals surface area contributed by atoms with Crippen molar-refractivity contribution in [1.82, 2.24) is 0 Å². The van der Waals surface area contributed by atoms with Crippen molar-refractivity contribution in [3.63, 3.8) is 0 Å². The number of hydrogen-bond donors (Lipinski definition) is 2. The topological polar surface area (TPSA) is 0 Å². The molecule has 0 unspecified atom stereocenters. The molecule has 0 atom stereocenters. The number of thiol groups is 2. The predicted molar refractivity (Wildman–Crippen MR) is 77.6 cm³/mol. The maximum Gasteiger partial charge on any atom is 0.123 e. The van der Waals surface area contributed by atoms with Gasteiger partial charge in [-0.3, -0.25) is 0 Å². The molecule has 0 bridgehead atoms. The summed E-state index contributed by atoms with van der Waals surface area (Å²) < 4.78 is 25.6. The second-order valence-corrected chi connectivity index (χ2v) is 4.61. The molecule has 0 aliphatic heterocycles. The Morgan fingerprint density at radius 1 is 0.611 bits per heavy atom. The van der Waals surface area contributed by atoms with Crippen LogP contribution in [0, 0.1) is 11.6 Å². The average Bonchev–Trinajstić information content (AvgIpc) is 2.39. The van der Waals surface area contributed by atoms with Gasteiger partial charge in [0.1, 0.15) is 11.6 Å². The van der Waals surface area contributed by atoms with Crippen LogP contribution in [0.3, 0.4) is 0 Å². The van der Waals surface area contributed by atoms with Gasteiger partial charge in [0.15, 0.2) is 0 Å². The van der Waals surface area contributed by atoms with Crippen LogP contribution < -0.4 is 0 Å². The minimum Gasteiger partial charge on any atom is -0.207 e. The van der Waals surface area contributed by atoms with E-state index < -0.39 is 0 Å². The molecule has 2 aromatic carbocycles. The lowest BCUT2D eigenvalue weighted by Crippen LogP contribution is -1.84. The molecule has 0 aliphatic rings. The summed E-state index contributed by atoms with van der Waals surface area (Å²) in [5.74, 6) is -0.607. The van der Waals surface area contributed by atoms with Gasteiger partial charge in [-0.25, -0.2) is 8.78 Å². The number of rotatable bonds is 2. The fourth-order valence-corrected chi connectivity index (χ4v) is 2.05. The zero-order valence-electron chi connectivity index (χ0n) is 9.27. The normalized spacial score (nSPS) is 12.2. The quantitative estimate of drug-likeness (QED) is 0.580. The zero-order valence-corrected chi connectivity index (χ0v) is 11.1. The smallest absolute Gasteiger partial charge is 0.123 e. The first-order chi connectivity index (χ1) is 8.58. The van der Waals surface area contributed by atoms with Gasteiger partial charge < -0.3 is 0 Å².